The molecule has 2 aromatic rings. The van der Waals surface area contributed by atoms with Crippen LogP contribution in [0.1, 0.15) is 5.56 Å². The normalized spacial score (nSPS) is 16.0. The molecule has 0 N–H and O–H groups in total. The first-order chi connectivity index (χ1) is 12.9. The van der Waals surface area contributed by atoms with Gasteiger partial charge in [0.25, 0.3) is 0 Å². The van der Waals surface area contributed by atoms with Gasteiger partial charge in [0.15, 0.2) is 0 Å². The summed E-state index contributed by atoms with van der Waals surface area (Å²) < 4.78 is 26.8. The van der Waals surface area contributed by atoms with Gasteiger partial charge in [-0.1, -0.05) is 53.5 Å². The maximum Gasteiger partial charge on any atom is 0.246 e. The Balaban J connectivity index is 1.63. The van der Waals surface area contributed by atoms with Crippen LogP contribution in [-0.4, -0.2) is 49.7 Å². The van der Waals surface area contributed by atoms with E-state index in [2.05, 4.69) is 0 Å². The molecular weight excluding hydrogens is 407 g/mol. The predicted octanol–water partition coefficient (Wildman–Crippen LogP) is 3.54. The molecule has 0 aromatic heterocycles. The average molecular weight is 425 g/mol. The molecule has 0 spiro atoms. The highest BCUT2D eigenvalue weighted by Crippen LogP contribution is 2.27. The van der Waals surface area contributed by atoms with Gasteiger partial charge in [0.1, 0.15) is 0 Å². The third kappa shape index (κ3) is 4.71. The Morgan fingerprint density at radius 3 is 2.22 bits per heavy atom. The van der Waals surface area contributed by atoms with Crippen molar-refractivity contribution in [2.24, 2.45) is 0 Å². The highest BCUT2D eigenvalue weighted by Gasteiger charge is 2.29. The molecule has 0 atom stereocenters. The molecule has 3 rings (SSSR count). The number of halogens is 2. The first-order valence-electron chi connectivity index (χ1n) is 8.35. The molecule has 142 valence electrons. The molecule has 8 heteroatoms. The Morgan fingerprint density at radius 1 is 0.926 bits per heavy atom. The lowest BCUT2D eigenvalue weighted by atomic mass is 10.2. The fourth-order valence-corrected chi connectivity index (χ4v) is 4.58. The van der Waals surface area contributed by atoms with Gasteiger partial charge in [0, 0.05) is 32.3 Å². The van der Waals surface area contributed by atoms with Gasteiger partial charge in [-0.25, -0.2) is 8.42 Å². The number of carbonyl (C=O) groups excluding carboxylic acids is 1. The average Bonchev–Trinajstić information content (AvgIpc) is 2.69. The number of benzene rings is 2. The first-order valence-corrected chi connectivity index (χ1v) is 10.5. The summed E-state index contributed by atoms with van der Waals surface area (Å²) in [7, 11) is -3.67. The number of piperazine rings is 1. The van der Waals surface area contributed by atoms with Crippen molar-refractivity contribution in [3.8, 4) is 0 Å². The van der Waals surface area contributed by atoms with E-state index < -0.39 is 10.0 Å². The van der Waals surface area contributed by atoms with Crippen molar-refractivity contribution in [3.63, 3.8) is 0 Å². The molecule has 0 saturated carbocycles. The summed E-state index contributed by atoms with van der Waals surface area (Å²) >= 11 is 11.8. The summed E-state index contributed by atoms with van der Waals surface area (Å²) in [6.07, 6.45) is 3.26. The third-order valence-electron chi connectivity index (χ3n) is 4.30. The van der Waals surface area contributed by atoms with Crippen molar-refractivity contribution >= 4 is 45.2 Å². The van der Waals surface area contributed by atoms with Crippen molar-refractivity contribution in [3.05, 3.63) is 70.2 Å². The molecule has 5 nitrogen and oxygen atoms in total. The van der Waals surface area contributed by atoms with Crippen LogP contribution in [-0.2, 0) is 14.8 Å². The van der Waals surface area contributed by atoms with E-state index in [1.807, 2.05) is 30.3 Å². The summed E-state index contributed by atoms with van der Waals surface area (Å²) in [6.45, 7) is 1.12. The molecule has 1 aliphatic heterocycles. The zero-order chi connectivity index (χ0) is 19.4. The van der Waals surface area contributed by atoms with Crippen molar-refractivity contribution in [2.75, 3.05) is 26.2 Å². The topological polar surface area (TPSA) is 57.7 Å². The van der Waals surface area contributed by atoms with Crippen molar-refractivity contribution in [2.45, 2.75) is 4.90 Å². The summed E-state index contributed by atoms with van der Waals surface area (Å²) in [5, 5.41) is 0.494. The van der Waals surface area contributed by atoms with Crippen molar-refractivity contribution in [1.29, 1.82) is 0 Å². The molecule has 2 aromatic carbocycles. The minimum absolute atomic E-state index is 0.0978. The molecule has 0 aliphatic carbocycles. The molecule has 1 heterocycles. The standard InChI is InChI=1S/C19H18Cl2N2O3S/c20-17-8-7-16(14-18(17)21)27(25,26)23-12-10-22(11-13-23)19(24)9-6-15-4-2-1-3-5-15/h1-9,14H,10-13H2/b9-6+. The maximum absolute atomic E-state index is 12.7. The second kappa shape index (κ2) is 8.44. The molecular formula is C19H18Cl2N2O3S. The minimum Gasteiger partial charge on any atom is -0.337 e. The molecule has 0 radical (unpaired) electrons. The smallest absolute Gasteiger partial charge is 0.246 e. The fourth-order valence-electron chi connectivity index (χ4n) is 2.77. The lowest BCUT2D eigenvalue weighted by molar-refractivity contribution is -0.127. The fraction of sp³-hybridized carbons (Fsp3) is 0.211. The lowest BCUT2D eigenvalue weighted by Gasteiger charge is -2.33. The van der Waals surface area contributed by atoms with Gasteiger partial charge < -0.3 is 4.90 Å². The summed E-state index contributed by atoms with van der Waals surface area (Å²) in [4.78, 5) is 14.1. The van der Waals surface area contributed by atoms with Gasteiger partial charge in [0.05, 0.1) is 14.9 Å². The van der Waals surface area contributed by atoms with Crippen LogP contribution in [0, 0.1) is 0 Å². The zero-order valence-electron chi connectivity index (χ0n) is 14.4. The molecule has 0 bridgehead atoms. The van der Waals surface area contributed by atoms with Crippen LogP contribution in [0.25, 0.3) is 6.08 Å². The molecule has 0 unspecified atom stereocenters. The van der Waals surface area contributed by atoms with E-state index in [1.54, 1.807) is 11.0 Å². The number of sulfonamides is 1. The largest absolute Gasteiger partial charge is 0.337 e. The predicted molar refractivity (Wildman–Crippen MR) is 107 cm³/mol. The van der Waals surface area contributed by atoms with Crippen molar-refractivity contribution < 1.29 is 13.2 Å². The highest BCUT2D eigenvalue weighted by atomic mass is 35.5. The number of carbonyl (C=O) groups is 1. The summed E-state index contributed by atoms with van der Waals surface area (Å²) in [5.41, 5.74) is 0.937. The Morgan fingerprint density at radius 2 is 1.59 bits per heavy atom. The number of amides is 1. The van der Waals surface area contributed by atoms with Crippen molar-refractivity contribution in [1.82, 2.24) is 9.21 Å². The monoisotopic (exact) mass is 424 g/mol. The third-order valence-corrected chi connectivity index (χ3v) is 6.93. The maximum atomic E-state index is 12.7. The Kier molecular flexibility index (Phi) is 6.22. The highest BCUT2D eigenvalue weighted by molar-refractivity contribution is 7.89. The Bertz CT molecular complexity index is 954. The second-order valence-electron chi connectivity index (χ2n) is 6.05. The second-order valence-corrected chi connectivity index (χ2v) is 8.80. The summed E-state index contributed by atoms with van der Waals surface area (Å²) in [6, 6.07) is 13.8. The quantitative estimate of drug-likeness (QED) is 0.705. The van der Waals surface area contributed by atoms with Crippen LogP contribution in [0.15, 0.2) is 59.5 Å². The zero-order valence-corrected chi connectivity index (χ0v) is 16.7. The van der Waals surface area contributed by atoms with Crippen LogP contribution in [0.5, 0.6) is 0 Å². The Labute approximate surface area is 168 Å². The first kappa shape index (κ1) is 19.9. The van der Waals surface area contributed by atoms with Gasteiger partial charge in [-0.3, -0.25) is 4.79 Å². The van der Waals surface area contributed by atoms with E-state index in [0.29, 0.717) is 18.1 Å². The van der Waals surface area contributed by atoms with Gasteiger partial charge >= 0.3 is 0 Å². The van der Waals surface area contributed by atoms with E-state index in [9.17, 15) is 13.2 Å². The lowest BCUT2D eigenvalue weighted by Crippen LogP contribution is -2.50. The van der Waals surface area contributed by atoms with Crippen LogP contribution >= 0.6 is 23.2 Å². The van der Waals surface area contributed by atoms with Gasteiger partial charge in [-0.05, 0) is 29.8 Å². The molecule has 1 saturated heterocycles. The number of hydrogen-bond donors (Lipinski definition) is 0. The number of hydrogen-bond acceptors (Lipinski definition) is 3. The van der Waals surface area contributed by atoms with Crippen LogP contribution in [0.3, 0.4) is 0 Å². The molecule has 27 heavy (non-hydrogen) atoms. The molecule has 1 fully saturated rings. The van der Waals surface area contributed by atoms with Crippen LogP contribution in [0.4, 0.5) is 0 Å². The van der Waals surface area contributed by atoms with E-state index in [4.69, 9.17) is 23.2 Å². The number of nitrogens with zero attached hydrogens (tertiary/aromatic N) is 2. The molecule has 1 aliphatic rings. The SMILES string of the molecule is O=C(/C=C/c1ccccc1)N1CCN(S(=O)(=O)c2ccc(Cl)c(Cl)c2)CC1. The van der Waals surface area contributed by atoms with Gasteiger partial charge in [-0.15, -0.1) is 0 Å². The summed E-state index contributed by atoms with van der Waals surface area (Å²) in [5.74, 6) is -0.134. The van der Waals surface area contributed by atoms with E-state index in [0.717, 1.165) is 5.56 Å². The van der Waals surface area contributed by atoms with E-state index >= 15 is 0 Å². The molecule has 1 amide bonds. The van der Waals surface area contributed by atoms with E-state index in [1.165, 1.54) is 28.6 Å². The van der Waals surface area contributed by atoms with Crippen LogP contribution in [0.2, 0.25) is 10.0 Å². The van der Waals surface area contributed by atoms with Crippen LogP contribution < -0.4 is 0 Å². The van der Waals surface area contributed by atoms with E-state index in [-0.39, 0.29) is 28.9 Å². The van der Waals surface area contributed by atoms with Gasteiger partial charge in [0.2, 0.25) is 15.9 Å². The minimum atomic E-state index is -3.67. The van der Waals surface area contributed by atoms with Gasteiger partial charge in [-0.2, -0.15) is 4.31 Å². The Hall–Kier alpha value is -1.86. The number of rotatable bonds is 4.